The number of hydrazone groups is 1. The smallest absolute Gasteiger partial charge is 0.224 e. The summed E-state index contributed by atoms with van der Waals surface area (Å²) in [6.45, 7) is 3.70. The molecule has 0 heterocycles. The van der Waals surface area contributed by atoms with Gasteiger partial charge in [0.15, 0.2) is 0 Å². The summed E-state index contributed by atoms with van der Waals surface area (Å²) in [6, 6.07) is 12.1. The first-order valence-corrected chi connectivity index (χ1v) is 8.07. The third-order valence-corrected chi connectivity index (χ3v) is 3.69. The SMILES string of the molecule is CCCC(=O)Nc1ccc(O)c(/C(C)=N/Nc2ccccc2Cl)c1. The molecule has 1 amide bonds. The first kappa shape index (κ1) is 17.8. The van der Waals surface area contributed by atoms with E-state index in [9.17, 15) is 9.90 Å². The van der Waals surface area contributed by atoms with Gasteiger partial charge in [-0.1, -0.05) is 30.7 Å². The number of benzene rings is 2. The van der Waals surface area contributed by atoms with Gasteiger partial charge in [0.2, 0.25) is 5.91 Å². The van der Waals surface area contributed by atoms with Crippen molar-refractivity contribution in [3.05, 3.63) is 53.1 Å². The molecule has 0 aromatic heterocycles. The van der Waals surface area contributed by atoms with Gasteiger partial charge < -0.3 is 10.4 Å². The Kier molecular flexibility index (Phi) is 6.21. The van der Waals surface area contributed by atoms with Crippen LogP contribution in [0.25, 0.3) is 0 Å². The first-order chi connectivity index (χ1) is 11.5. The number of rotatable bonds is 6. The van der Waals surface area contributed by atoms with Crippen molar-refractivity contribution >= 4 is 34.6 Å². The summed E-state index contributed by atoms with van der Waals surface area (Å²) in [5.74, 6) is 0.0311. The quantitative estimate of drug-likeness (QED) is 0.406. The molecule has 2 rings (SSSR count). The molecular formula is C18H20ClN3O2. The van der Waals surface area contributed by atoms with Crippen LogP contribution in [0.3, 0.4) is 0 Å². The Morgan fingerprint density at radius 2 is 2.00 bits per heavy atom. The molecule has 0 bridgehead atoms. The Hall–Kier alpha value is -2.53. The number of phenols is 1. The van der Waals surface area contributed by atoms with Gasteiger partial charge in [-0.15, -0.1) is 0 Å². The highest BCUT2D eigenvalue weighted by atomic mass is 35.5. The summed E-state index contributed by atoms with van der Waals surface area (Å²) in [5, 5.41) is 17.7. The van der Waals surface area contributed by atoms with E-state index in [-0.39, 0.29) is 11.7 Å². The van der Waals surface area contributed by atoms with Gasteiger partial charge in [-0.05, 0) is 43.7 Å². The van der Waals surface area contributed by atoms with E-state index in [0.29, 0.717) is 34.1 Å². The molecule has 0 saturated heterocycles. The van der Waals surface area contributed by atoms with Crippen LogP contribution in [0.5, 0.6) is 5.75 Å². The van der Waals surface area contributed by atoms with Crippen LogP contribution in [0.4, 0.5) is 11.4 Å². The molecule has 0 saturated carbocycles. The van der Waals surface area contributed by atoms with Crippen molar-refractivity contribution in [2.75, 3.05) is 10.7 Å². The van der Waals surface area contributed by atoms with Gasteiger partial charge in [0.25, 0.3) is 0 Å². The number of halogens is 1. The number of hydrogen-bond donors (Lipinski definition) is 3. The Bertz CT molecular complexity index is 760. The molecule has 0 radical (unpaired) electrons. The average Bonchev–Trinajstić information content (AvgIpc) is 2.56. The fourth-order valence-electron chi connectivity index (χ4n) is 2.11. The molecular weight excluding hydrogens is 326 g/mol. The molecule has 0 spiro atoms. The van der Waals surface area contributed by atoms with Crippen molar-refractivity contribution in [1.29, 1.82) is 0 Å². The maximum absolute atomic E-state index is 11.7. The standard InChI is InChI=1S/C18H20ClN3O2/c1-3-6-18(24)20-13-9-10-17(23)14(11-13)12(2)21-22-16-8-5-4-7-15(16)19/h4-5,7-11,22-23H,3,6H2,1-2H3,(H,20,24)/b21-12+. The van der Waals surface area contributed by atoms with Crippen molar-refractivity contribution in [2.24, 2.45) is 5.10 Å². The number of aromatic hydroxyl groups is 1. The lowest BCUT2D eigenvalue weighted by atomic mass is 10.1. The van der Waals surface area contributed by atoms with Crippen molar-refractivity contribution in [3.8, 4) is 5.75 Å². The van der Waals surface area contributed by atoms with E-state index in [0.717, 1.165) is 6.42 Å². The third-order valence-electron chi connectivity index (χ3n) is 3.37. The monoisotopic (exact) mass is 345 g/mol. The summed E-state index contributed by atoms with van der Waals surface area (Å²) in [4.78, 5) is 11.7. The minimum Gasteiger partial charge on any atom is -0.507 e. The Labute approximate surface area is 146 Å². The van der Waals surface area contributed by atoms with Crippen LogP contribution >= 0.6 is 11.6 Å². The van der Waals surface area contributed by atoms with E-state index in [1.807, 2.05) is 19.1 Å². The number of carbonyl (C=O) groups is 1. The summed E-state index contributed by atoms with van der Waals surface area (Å²) in [5.41, 5.74) is 5.27. The van der Waals surface area contributed by atoms with Crippen LogP contribution in [0, 0.1) is 0 Å². The van der Waals surface area contributed by atoms with E-state index in [2.05, 4.69) is 15.8 Å². The largest absolute Gasteiger partial charge is 0.507 e. The summed E-state index contributed by atoms with van der Waals surface area (Å²) >= 11 is 6.07. The van der Waals surface area contributed by atoms with Gasteiger partial charge in [-0.25, -0.2) is 0 Å². The number of phenolic OH excluding ortho intramolecular Hbond substituents is 1. The number of carbonyl (C=O) groups excluding carboxylic acids is 1. The molecule has 24 heavy (non-hydrogen) atoms. The maximum atomic E-state index is 11.7. The second kappa shape index (κ2) is 8.36. The Balaban J connectivity index is 2.18. The molecule has 0 atom stereocenters. The van der Waals surface area contributed by atoms with Gasteiger partial charge in [-0.3, -0.25) is 10.2 Å². The number of para-hydroxylation sites is 1. The van der Waals surface area contributed by atoms with Crippen molar-refractivity contribution in [1.82, 2.24) is 0 Å². The van der Waals surface area contributed by atoms with E-state index in [4.69, 9.17) is 11.6 Å². The zero-order valence-corrected chi connectivity index (χ0v) is 14.4. The lowest BCUT2D eigenvalue weighted by Gasteiger charge is -2.10. The predicted molar refractivity (Wildman–Crippen MR) is 98.9 cm³/mol. The molecule has 2 aromatic carbocycles. The normalized spacial score (nSPS) is 11.2. The highest BCUT2D eigenvalue weighted by molar-refractivity contribution is 6.33. The average molecular weight is 346 g/mol. The number of nitrogens with zero attached hydrogens (tertiary/aromatic N) is 1. The van der Waals surface area contributed by atoms with Crippen molar-refractivity contribution < 1.29 is 9.90 Å². The second-order valence-electron chi connectivity index (χ2n) is 5.32. The van der Waals surface area contributed by atoms with Gasteiger partial charge in [-0.2, -0.15) is 5.10 Å². The fourth-order valence-corrected chi connectivity index (χ4v) is 2.29. The topological polar surface area (TPSA) is 73.7 Å². The lowest BCUT2D eigenvalue weighted by molar-refractivity contribution is -0.116. The molecule has 3 N–H and O–H groups in total. The molecule has 5 nitrogen and oxygen atoms in total. The predicted octanol–water partition coefficient (Wildman–Crippen LogP) is 4.62. The van der Waals surface area contributed by atoms with E-state index >= 15 is 0 Å². The van der Waals surface area contributed by atoms with E-state index < -0.39 is 0 Å². The number of hydrogen-bond acceptors (Lipinski definition) is 4. The van der Waals surface area contributed by atoms with Crippen LogP contribution in [-0.4, -0.2) is 16.7 Å². The van der Waals surface area contributed by atoms with Crippen LogP contribution in [0.2, 0.25) is 5.02 Å². The minimum atomic E-state index is -0.0575. The van der Waals surface area contributed by atoms with E-state index in [1.54, 1.807) is 31.2 Å². The Morgan fingerprint density at radius 1 is 1.25 bits per heavy atom. The van der Waals surface area contributed by atoms with Gasteiger partial charge in [0.05, 0.1) is 16.4 Å². The zero-order chi connectivity index (χ0) is 17.5. The summed E-state index contributed by atoms with van der Waals surface area (Å²) in [6.07, 6.45) is 1.23. The van der Waals surface area contributed by atoms with Gasteiger partial charge in [0, 0.05) is 17.7 Å². The van der Waals surface area contributed by atoms with Crippen molar-refractivity contribution in [2.45, 2.75) is 26.7 Å². The maximum Gasteiger partial charge on any atom is 0.224 e. The minimum absolute atomic E-state index is 0.0575. The molecule has 0 fully saturated rings. The van der Waals surface area contributed by atoms with Gasteiger partial charge in [0.1, 0.15) is 5.75 Å². The second-order valence-corrected chi connectivity index (χ2v) is 5.73. The van der Waals surface area contributed by atoms with Crippen LogP contribution in [0.1, 0.15) is 32.3 Å². The first-order valence-electron chi connectivity index (χ1n) is 7.69. The fraction of sp³-hybridized carbons (Fsp3) is 0.222. The molecule has 126 valence electrons. The summed E-state index contributed by atoms with van der Waals surface area (Å²) in [7, 11) is 0. The van der Waals surface area contributed by atoms with Crippen LogP contribution < -0.4 is 10.7 Å². The molecule has 0 aliphatic carbocycles. The number of amides is 1. The molecule has 2 aromatic rings. The van der Waals surface area contributed by atoms with Gasteiger partial charge >= 0.3 is 0 Å². The molecule has 0 aliphatic rings. The number of anilines is 2. The van der Waals surface area contributed by atoms with Crippen LogP contribution in [0.15, 0.2) is 47.6 Å². The number of nitrogens with one attached hydrogen (secondary N) is 2. The summed E-state index contributed by atoms with van der Waals surface area (Å²) < 4.78 is 0. The van der Waals surface area contributed by atoms with Crippen LogP contribution in [-0.2, 0) is 4.79 Å². The highest BCUT2D eigenvalue weighted by Crippen LogP contribution is 2.24. The molecule has 6 heteroatoms. The molecule has 0 unspecified atom stereocenters. The highest BCUT2D eigenvalue weighted by Gasteiger charge is 2.08. The zero-order valence-electron chi connectivity index (χ0n) is 13.6. The van der Waals surface area contributed by atoms with Crippen molar-refractivity contribution in [3.63, 3.8) is 0 Å². The Morgan fingerprint density at radius 3 is 2.71 bits per heavy atom. The molecule has 0 aliphatic heterocycles. The lowest BCUT2D eigenvalue weighted by Crippen LogP contribution is -2.11. The third kappa shape index (κ3) is 4.73. The van der Waals surface area contributed by atoms with E-state index in [1.165, 1.54) is 6.07 Å².